The zero-order chi connectivity index (χ0) is 15.9. The monoisotopic (exact) mass is 300 g/mol. The number of rotatable bonds is 14. The number of nitrogens with one attached hydrogen (secondary N) is 1. The molecule has 0 aliphatic carbocycles. The Morgan fingerprint density at radius 2 is 1.76 bits per heavy atom. The molecule has 0 radical (unpaired) electrons. The lowest BCUT2D eigenvalue weighted by atomic mass is 9.94. The summed E-state index contributed by atoms with van der Waals surface area (Å²) in [5.41, 5.74) is 5.59. The molecule has 5 nitrogen and oxygen atoms in total. The fourth-order valence-electron chi connectivity index (χ4n) is 2.48. The molecule has 4 N–H and O–H groups in total. The maximum atomic E-state index is 11.7. The normalized spacial score (nSPS) is 12.1. The number of aliphatic carboxylic acids is 1. The van der Waals surface area contributed by atoms with Crippen molar-refractivity contribution in [2.75, 3.05) is 13.1 Å². The summed E-state index contributed by atoms with van der Waals surface area (Å²) in [5.74, 6) is -0.0390. The third-order valence-corrected chi connectivity index (χ3v) is 3.69. The highest BCUT2D eigenvalue weighted by atomic mass is 16.4. The van der Waals surface area contributed by atoms with Crippen LogP contribution in [0.1, 0.15) is 71.1 Å². The van der Waals surface area contributed by atoms with E-state index in [1.54, 1.807) is 0 Å². The predicted molar refractivity (Wildman–Crippen MR) is 85.0 cm³/mol. The second-order valence-corrected chi connectivity index (χ2v) is 5.68. The Kier molecular flexibility index (Phi) is 13.1. The van der Waals surface area contributed by atoms with Gasteiger partial charge in [0.05, 0.1) is 0 Å². The third-order valence-electron chi connectivity index (χ3n) is 3.69. The first kappa shape index (κ1) is 19.9. The SMILES string of the molecule is CCCC(CCN)CCC(=O)NCCCCCCC(=O)O. The molecule has 1 amide bonds. The van der Waals surface area contributed by atoms with Crippen LogP contribution in [0.25, 0.3) is 0 Å². The van der Waals surface area contributed by atoms with E-state index in [9.17, 15) is 9.59 Å². The summed E-state index contributed by atoms with van der Waals surface area (Å²) in [7, 11) is 0. The number of nitrogens with two attached hydrogens (primary N) is 1. The van der Waals surface area contributed by atoms with Crippen LogP contribution < -0.4 is 11.1 Å². The minimum absolute atomic E-state index is 0.124. The summed E-state index contributed by atoms with van der Waals surface area (Å²) in [6.07, 6.45) is 8.58. The summed E-state index contributed by atoms with van der Waals surface area (Å²) in [6, 6.07) is 0. The van der Waals surface area contributed by atoms with Crippen LogP contribution in [0.5, 0.6) is 0 Å². The van der Waals surface area contributed by atoms with Crippen LogP contribution in [0.4, 0.5) is 0 Å². The van der Waals surface area contributed by atoms with E-state index < -0.39 is 5.97 Å². The van der Waals surface area contributed by atoms with Crippen LogP contribution >= 0.6 is 0 Å². The highest BCUT2D eigenvalue weighted by molar-refractivity contribution is 5.75. The number of hydrogen-bond acceptors (Lipinski definition) is 3. The summed E-state index contributed by atoms with van der Waals surface area (Å²) in [4.78, 5) is 22.0. The van der Waals surface area contributed by atoms with Gasteiger partial charge in [0, 0.05) is 19.4 Å². The third kappa shape index (κ3) is 13.6. The molecule has 0 saturated heterocycles. The standard InChI is InChI=1S/C16H32N2O3/c1-2-7-14(11-12-17)9-10-15(19)18-13-6-4-3-5-8-16(20)21/h14H,2-13,17H2,1H3,(H,18,19)(H,20,21). The smallest absolute Gasteiger partial charge is 0.303 e. The second kappa shape index (κ2) is 13.9. The van der Waals surface area contributed by atoms with E-state index in [2.05, 4.69) is 12.2 Å². The van der Waals surface area contributed by atoms with Crippen LogP contribution in [0.3, 0.4) is 0 Å². The van der Waals surface area contributed by atoms with Crippen molar-refractivity contribution in [1.29, 1.82) is 0 Å². The topological polar surface area (TPSA) is 92.4 Å². The van der Waals surface area contributed by atoms with Gasteiger partial charge in [0.15, 0.2) is 0 Å². The lowest BCUT2D eigenvalue weighted by Gasteiger charge is -2.14. The van der Waals surface area contributed by atoms with Crippen molar-refractivity contribution in [1.82, 2.24) is 5.32 Å². The minimum atomic E-state index is -0.734. The number of carboxylic acids is 1. The Morgan fingerprint density at radius 3 is 2.38 bits per heavy atom. The first-order valence-corrected chi connectivity index (χ1v) is 8.28. The van der Waals surface area contributed by atoms with Gasteiger partial charge in [-0.25, -0.2) is 0 Å². The van der Waals surface area contributed by atoms with E-state index in [0.717, 1.165) is 51.4 Å². The average Bonchev–Trinajstić information content (AvgIpc) is 2.44. The van der Waals surface area contributed by atoms with Gasteiger partial charge < -0.3 is 16.2 Å². The van der Waals surface area contributed by atoms with E-state index in [1.807, 2.05) is 0 Å². The van der Waals surface area contributed by atoms with E-state index in [4.69, 9.17) is 10.8 Å². The molecular formula is C16H32N2O3. The van der Waals surface area contributed by atoms with Gasteiger partial charge in [-0.1, -0.05) is 32.6 Å². The van der Waals surface area contributed by atoms with Crippen molar-refractivity contribution in [3.8, 4) is 0 Å². The van der Waals surface area contributed by atoms with Gasteiger partial charge in [0.25, 0.3) is 0 Å². The summed E-state index contributed by atoms with van der Waals surface area (Å²) in [5, 5.41) is 11.4. The summed E-state index contributed by atoms with van der Waals surface area (Å²) < 4.78 is 0. The minimum Gasteiger partial charge on any atom is -0.481 e. The molecule has 0 aromatic rings. The fraction of sp³-hybridized carbons (Fsp3) is 0.875. The Bertz CT molecular complexity index is 277. The van der Waals surface area contributed by atoms with Crippen LogP contribution in [-0.2, 0) is 9.59 Å². The van der Waals surface area contributed by atoms with Gasteiger partial charge in [0.1, 0.15) is 0 Å². The molecule has 0 aliphatic rings. The molecular weight excluding hydrogens is 268 g/mol. The van der Waals surface area contributed by atoms with Crippen LogP contribution in [0, 0.1) is 5.92 Å². The molecule has 0 fully saturated rings. The maximum Gasteiger partial charge on any atom is 0.303 e. The highest BCUT2D eigenvalue weighted by Gasteiger charge is 2.09. The second-order valence-electron chi connectivity index (χ2n) is 5.68. The Labute approximate surface area is 128 Å². The van der Waals surface area contributed by atoms with Crippen molar-refractivity contribution in [3.05, 3.63) is 0 Å². The predicted octanol–water partition coefficient (Wildman–Crippen LogP) is 2.68. The lowest BCUT2D eigenvalue weighted by Crippen LogP contribution is -2.25. The molecule has 0 rings (SSSR count). The zero-order valence-electron chi connectivity index (χ0n) is 13.4. The lowest BCUT2D eigenvalue weighted by molar-refractivity contribution is -0.137. The number of carbonyl (C=O) groups is 2. The first-order valence-electron chi connectivity index (χ1n) is 8.28. The van der Waals surface area contributed by atoms with Crippen molar-refractivity contribution < 1.29 is 14.7 Å². The molecule has 0 aliphatic heterocycles. The molecule has 0 aromatic heterocycles. The first-order chi connectivity index (χ1) is 10.1. The van der Waals surface area contributed by atoms with E-state index in [0.29, 0.717) is 25.4 Å². The van der Waals surface area contributed by atoms with Crippen LogP contribution in [0.2, 0.25) is 0 Å². The highest BCUT2D eigenvalue weighted by Crippen LogP contribution is 2.16. The zero-order valence-corrected chi connectivity index (χ0v) is 13.4. The molecule has 5 heteroatoms. The molecule has 124 valence electrons. The molecule has 0 spiro atoms. The van der Waals surface area contributed by atoms with E-state index in [1.165, 1.54) is 0 Å². The molecule has 21 heavy (non-hydrogen) atoms. The number of amides is 1. The van der Waals surface area contributed by atoms with E-state index >= 15 is 0 Å². The molecule has 0 heterocycles. The Balaban J connectivity index is 3.50. The number of carboxylic acid groups (broad SMARTS) is 1. The van der Waals surface area contributed by atoms with Crippen molar-refractivity contribution in [2.45, 2.75) is 71.1 Å². The molecule has 0 saturated carbocycles. The summed E-state index contributed by atoms with van der Waals surface area (Å²) in [6.45, 7) is 3.55. The van der Waals surface area contributed by atoms with Gasteiger partial charge >= 0.3 is 5.97 Å². The quantitative estimate of drug-likeness (QED) is 0.430. The van der Waals surface area contributed by atoms with Gasteiger partial charge in [-0.3, -0.25) is 9.59 Å². The van der Waals surface area contributed by atoms with Crippen LogP contribution in [-0.4, -0.2) is 30.1 Å². The van der Waals surface area contributed by atoms with Gasteiger partial charge in [-0.05, 0) is 38.1 Å². The maximum absolute atomic E-state index is 11.7. The number of unbranched alkanes of at least 4 members (excludes halogenated alkanes) is 3. The number of hydrogen-bond donors (Lipinski definition) is 3. The molecule has 1 atom stereocenters. The van der Waals surface area contributed by atoms with E-state index in [-0.39, 0.29) is 12.3 Å². The van der Waals surface area contributed by atoms with Crippen molar-refractivity contribution >= 4 is 11.9 Å². The molecule has 0 bridgehead atoms. The largest absolute Gasteiger partial charge is 0.481 e. The molecule has 0 aromatic carbocycles. The Morgan fingerprint density at radius 1 is 1.05 bits per heavy atom. The van der Waals surface area contributed by atoms with Crippen molar-refractivity contribution in [2.24, 2.45) is 11.7 Å². The van der Waals surface area contributed by atoms with Gasteiger partial charge in [-0.15, -0.1) is 0 Å². The average molecular weight is 300 g/mol. The fourth-order valence-corrected chi connectivity index (χ4v) is 2.48. The van der Waals surface area contributed by atoms with Gasteiger partial charge in [0.2, 0.25) is 5.91 Å². The Hall–Kier alpha value is -1.10. The van der Waals surface area contributed by atoms with Gasteiger partial charge in [-0.2, -0.15) is 0 Å². The summed E-state index contributed by atoms with van der Waals surface area (Å²) >= 11 is 0. The van der Waals surface area contributed by atoms with Crippen LogP contribution in [0.15, 0.2) is 0 Å². The van der Waals surface area contributed by atoms with Crippen molar-refractivity contribution in [3.63, 3.8) is 0 Å². The number of carbonyl (C=O) groups excluding carboxylic acids is 1. The molecule has 1 unspecified atom stereocenters.